The summed E-state index contributed by atoms with van der Waals surface area (Å²) in [6, 6.07) is 5.77. The van der Waals surface area contributed by atoms with Crippen LogP contribution < -0.4 is 21.4 Å². The Balaban J connectivity index is 1.39. The molecule has 0 spiro atoms. The summed E-state index contributed by atoms with van der Waals surface area (Å²) in [4.78, 5) is 24.7. The Hall–Kier alpha value is -2.32. The van der Waals surface area contributed by atoms with Crippen molar-refractivity contribution in [1.29, 1.82) is 0 Å². The third-order valence-electron chi connectivity index (χ3n) is 6.54. The Morgan fingerprint density at radius 1 is 1.37 bits per heavy atom. The minimum absolute atomic E-state index is 0.0892. The third-order valence-corrected chi connectivity index (χ3v) is 7.28. The molecule has 1 aromatic carbocycles. The topological polar surface area (TPSA) is 124 Å². The van der Waals surface area contributed by atoms with E-state index in [9.17, 15) is 19.7 Å². The van der Waals surface area contributed by atoms with E-state index in [1.54, 1.807) is 0 Å². The second-order valence-electron chi connectivity index (χ2n) is 8.91. The van der Waals surface area contributed by atoms with E-state index in [4.69, 9.17) is 15.1 Å². The third kappa shape index (κ3) is 4.87. The molecule has 4 rings (SSSR count). The number of nitrogens with two attached hydrogens (primary N) is 1. The minimum atomic E-state index is -1.15. The number of fused-ring (bicyclic) bond motifs is 2. The van der Waals surface area contributed by atoms with Gasteiger partial charge in [0, 0.05) is 6.54 Å². The van der Waals surface area contributed by atoms with Crippen LogP contribution in [0.25, 0.3) is 6.08 Å². The first-order valence-corrected chi connectivity index (χ1v) is 13.2. The molecule has 2 atom stereocenters. The van der Waals surface area contributed by atoms with Gasteiger partial charge in [-0.3, -0.25) is 0 Å². The molecule has 184 valence electrons. The summed E-state index contributed by atoms with van der Waals surface area (Å²) in [5, 5.41) is 19.8. The molecule has 3 heterocycles. The summed E-state index contributed by atoms with van der Waals surface area (Å²) in [6.07, 6.45) is 6.77. The molecule has 8 nitrogen and oxygen atoms in total. The van der Waals surface area contributed by atoms with E-state index in [2.05, 4.69) is 0 Å². The molecule has 4 N–H and O–H groups in total. The van der Waals surface area contributed by atoms with Crippen molar-refractivity contribution in [3.8, 4) is 5.75 Å². The molecule has 0 fully saturated rings. The quantitative estimate of drug-likeness (QED) is 0.265. The van der Waals surface area contributed by atoms with Gasteiger partial charge in [-0.15, -0.1) is 0 Å². The zero-order chi connectivity index (χ0) is 25.3. The van der Waals surface area contributed by atoms with Crippen molar-refractivity contribution in [2.45, 2.75) is 51.7 Å². The zero-order valence-electron chi connectivity index (χ0n) is 19.8. The number of hydrogen-bond donors (Lipinski definition) is 3. The van der Waals surface area contributed by atoms with Crippen molar-refractivity contribution >= 4 is 28.5 Å². The van der Waals surface area contributed by atoms with E-state index in [0.29, 0.717) is 42.0 Å². The summed E-state index contributed by atoms with van der Waals surface area (Å²) in [7, 11) is -1.02. The van der Waals surface area contributed by atoms with E-state index in [1.165, 1.54) is 0 Å². The number of ether oxygens (including phenoxy) is 1. The van der Waals surface area contributed by atoms with Gasteiger partial charge in [0.05, 0.1) is 6.10 Å². The molecule has 35 heavy (non-hydrogen) atoms. The second-order valence-corrected chi connectivity index (χ2v) is 11.1. The predicted octanol–water partition coefficient (Wildman–Crippen LogP) is 1.73. The van der Waals surface area contributed by atoms with Gasteiger partial charge in [-0.2, -0.15) is 0 Å². The average molecular weight is 648 g/mol. The van der Waals surface area contributed by atoms with Crippen LogP contribution in [0.2, 0.25) is 0 Å². The Labute approximate surface area is 215 Å². The summed E-state index contributed by atoms with van der Waals surface area (Å²) in [5.74, 6) is -0.533. The number of unbranched alkanes of at least 4 members (excludes halogenated alkanes) is 2. The van der Waals surface area contributed by atoms with Crippen LogP contribution in [0.5, 0.6) is 5.75 Å². The van der Waals surface area contributed by atoms with Crippen molar-refractivity contribution in [2.24, 2.45) is 5.73 Å². The van der Waals surface area contributed by atoms with Gasteiger partial charge in [0.15, 0.2) is 0 Å². The van der Waals surface area contributed by atoms with Crippen LogP contribution in [-0.2, 0) is 30.4 Å². The maximum absolute atomic E-state index is 13.0. The summed E-state index contributed by atoms with van der Waals surface area (Å²) in [6.45, 7) is 4.71. The summed E-state index contributed by atoms with van der Waals surface area (Å²) >= 11 is 1.15. The fourth-order valence-electron chi connectivity index (χ4n) is 4.90. The van der Waals surface area contributed by atoms with E-state index in [1.807, 2.05) is 48.8 Å². The normalized spacial score (nSPS) is 18.3. The number of nitrogens with zero attached hydrogens (tertiary/aromatic N) is 1. The molecule has 2 aliphatic rings. The molecule has 1 unspecified atom stereocenters. The molecule has 1 aromatic heterocycles. The van der Waals surface area contributed by atoms with Crippen molar-refractivity contribution in [1.82, 2.24) is 4.57 Å². The van der Waals surface area contributed by atoms with Crippen LogP contribution in [0.3, 0.4) is 0 Å². The molecular formula is C25H29BN2O6W. The zero-order valence-corrected chi connectivity index (χ0v) is 22.8. The number of carbonyl (C=O) groups is 1. The van der Waals surface area contributed by atoms with Gasteiger partial charge in [0.25, 0.3) is 0 Å². The Morgan fingerprint density at radius 3 is 2.80 bits per heavy atom. The van der Waals surface area contributed by atoms with Gasteiger partial charge >= 0.3 is 170 Å². The Morgan fingerprint density at radius 2 is 2.14 bits per heavy atom. The fraction of sp³-hybridized carbons (Fsp3) is 0.400. The van der Waals surface area contributed by atoms with E-state index in [-0.39, 0.29) is 23.1 Å². The first kappa shape index (κ1) is 25.8. The predicted molar refractivity (Wildman–Crippen MR) is 131 cm³/mol. The van der Waals surface area contributed by atoms with Crippen LogP contribution >= 0.6 is 0 Å². The van der Waals surface area contributed by atoms with Crippen molar-refractivity contribution < 1.29 is 43.7 Å². The fourth-order valence-corrected chi connectivity index (χ4v) is 5.61. The van der Waals surface area contributed by atoms with Gasteiger partial charge in [0.2, 0.25) is 0 Å². The Bertz CT molecular complexity index is 1260. The van der Waals surface area contributed by atoms with Gasteiger partial charge < -0.3 is 15.4 Å². The molecule has 2 aromatic rings. The van der Waals surface area contributed by atoms with Crippen molar-refractivity contribution in [3.63, 3.8) is 0 Å². The first-order chi connectivity index (χ1) is 16.8. The molecule has 0 amide bonds. The van der Waals surface area contributed by atoms with Crippen LogP contribution in [0.4, 0.5) is 0 Å². The molecule has 0 aliphatic carbocycles. The molecule has 10 heteroatoms. The summed E-state index contributed by atoms with van der Waals surface area (Å²) in [5.41, 5.74) is 8.72. The molecule has 0 saturated carbocycles. The average Bonchev–Trinajstić information content (AvgIpc) is 3.13. The number of carboxylic acid groups (broad SMARTS) is 1. The van der Waals surface area contributed by atoms with E-state index in [0.717, 1.165) is 53.8 Å². The second kappa shape index (κ2) is 10.7. The van der Waals surface area contributed by atoms with Crippen LogP contribution in [0, 0.1) is 0 Å². The van der Waals surface area contributed by atoms with Crippen LogP contribution in [0.1, 0.15) is 78.1 Å². The van der Waals surface area contributed by atoms with E-state index >= 15 is 0 Å². The van der Waals surface area contributed by atoms with Gasteiger partial charge in [-0.1, -0.05) is 12.1 Å². The standard InChI is InChI=1S/C25H29BN2O6.W/c1-3-16-18(28-15(2)13-19(28)22(24(16)29)25(30)31)10-6-4-5-7-12-33-20-11-8-9-17-21(14-27)34-26(32)23(17)20;/h6,8-11,15,21,32H,4-5,7,12-14,27H2,1-2H3,(H,30,31);/t15?,21-;/m1./s1. The number of carboxylic acids is 1. The summed E-state index contributed by atoms with van der Waals surface area (Å²) < 4.78 is 14.3. The SMILES string of the molecule is C[C](=[W])c1c(C=CCCCCOc2cccc3c2B(O)O[C@@H]3CN)n2c(c(C(=O)O)c1=O)CC2C. The molecular weight excluding hydrogens is 619 g/mol. The number of hydrogen-bond acceptors (Lipinski definition) is 6. The van der Waals surface area contributed by atoms with Crippen LogP contribution in [-0.4, -0.2) is 44.8 Å². The Kier molecular flexibility index (Phi) is 7.91. The van der Waals surface area contributed by atoms with Gasteiger partial charge in [-0.25, -0.2) is 0 Å². The number of aromatic carboxylic acids is 1. The van der Waals surface area contributed by atoms with Crippen LogP contribution in [0.15, 0.2) is 29.1 Å². The van der Waals surface area contributed by atoms with Gasteiger partial charge in [0.1, 0.15) is 0 Å². The number of allylic oxidation sites excluding steroid dienone is 1. The number of benzene rings is 1. The first-order valence-electron chi connectivity index (χ1n) is 11.8. The van der Waals surface area contributed by atoms with Crippen molar-refractivity contribution in [3.05, 3.63) is 62.6 Å². The van der Waals surface area contributed by atoms with Gasteiger partial charge in [-0.05, 0) is 5.56 Å². The monoisotopic (exact) mass is 648 g/mol. The molecule has 0 bridgehead atoms. The molecule has 2 aliphatic heterocycles. The number of pyridine rings is 1. The molecule has 0 radical (unpaired) electrons. The maximum atomic E-state index is 13.0. The number of aromatic nitrogens is 1. The number of rotatable bonds is 10. The molecule has 0 saturated heterocycles. The van der Waals surface area contributed by atoms with E-state index < -0.39 is 13.1 Å². The van der Waals surface area contributed by atoms with Crippen molar-refractivity contribution in [2.75, 3.05) is 13.2 Å².